The van der Waals surface area contributed by atoms with Crippen molar-refractivity contribution in [3.05, 3.63) is 23.8 Å². The van der Waals surface area contributed by atoms with Gasteiger partial charge in [-0.1, -0.05) is 5.92 Å². The van der Waals surface area contributed by atoms with Gasteiger partial charge in [0.1, 0.15) is 0 Å². The number of hydrogen-bond donors (Lipinski definition) is 3. The lowest BCUT2D eigenvalue weighted by atomic mass is 10.1. The van der Waals surface area contributed by atoms with Crippen molar-refractivity contribution in [2.45, 2.75) is 0 Å². The van der Waals surface area contributed by atoms with Gasteiger partial charge in [-0.3, -0.25) is 4.79 Å². The summed E-state index contributed by atoms with van der Waals surface area (Å²) in [4.78, 5) is 11.7. The third-order valence-electron chi connectivity index (χ3n) is 2.12. The van der Waals surface area contributed by atoms with E-state index in [9.17, 15) is 4.79 Å². The van der Waals surface area contributed by atoms with Crippen LogP contribution in [0.2, 0.25) is 0 Å². The van der Waals surface area contributed by atoms with Crippen LogP contribution < -0.4 is 16.0 Å². The first-order valence-electron chi connectivity index (χ1n) is 4.93. The maximum Gasteiger partial charge on any atom is 0.252 e. The van der Waals surface area contributed by atoms with E-state index in [4.69, 9.17) is 6.42 Å². The molecule has 0 aliphatic carbocycles. The summed E-state index contributed by atoms with van der Waals surface area (Å²) in [5, 5.41) is 8.61. The summed E-state index contributed by atoms with van der Waals surface area (Å²) in [7, 11) is 3.61. The zero-order valence-corrected chi connectivity index (χ0v) is 9.42. The molecular weight excluding hydrogens is 202 g/mol. The minimum Gasteiger partial charge on any atom is -0.388 e. The van der Waals surface area contributed by atoms with Gasteiger partial charge < -0.3 is 16.0 Å². The van der Waals surface area contributed by atoms with E-state index in [0.29, 0.717) is 5.56 Å². The molecule has 0 heterocycles. The third kappa shape index (κ3) is 2.92. The zero-order chi connectivity index (χ0) is 12.0. The Hall–Kier alpha value is -2.15. The number of benzene rings is 1. The molecule has 84 valence electrons. The second-order valence-corrected chi connectivity index (χ2v) is 3.19. The highest BCUT2D eigenvalue weighted by Crippen LogP contribution is 2.18. The van der Waals surface area contributed by atoms with E-state index >= 15 is 0 Å². The molecule has 0 spiro atoms. The Kier molecular flexibility index (Phi) is 4.22. The molecule has 0 saturated carbocycles. The Bertz CT molecular complexity index is 399. The number of nitrogens with one attached hydrogen (secondary N) is 3. The molecule has 0 fully saturated rings. The lowest BCUT2D eigenvalue weighted by Gasteiger charge is -2.08. The molecule has 1 aromatic carbocycles. The second-order valence-electron chi connectivity index (χ2n) is 3.19. The van der Waals surface area contributed by atoms with Gasteiger partial charge >= 0.3 is 0 Å². The van der Waals surface area contributed by atoms with Gasteiger partial charge in [0.25, 0.3) is 5.91 Å². The summed E-state index contributed by atoms with van der Waals surface area (Å²) in [6.45, 7) is 0.234. The molecule has 4 nitrogen and oxygen atoms in total. The first kappa shape index (κ1) is 11.9. The summed E-state index contributed by atoms with van der Waals surface area (Å²) < 4.78 is 0. The Morgan fingerprint density at radius 3 is 2.25 bits per heavy atom. The summed E-state index contributed by atoms with van der Waals surface area (Å²) in [5.41, 5.74) is 2.32. The fraction of sp³-hybridized carbons (Fsp3) is 0.250. The highest BCUT2D eigenvalue weighted by molar-refractivity contribution is 5.96. The Morgan fingerprint density at radius 1 is 1.25 bits per heavy atom. The quantitative estimate of drug-likeness (QED) is 0.663. The van der Waals surface area contributed by atoms with Gasteiger partial charge in [-0.25, -0.2) is 0 Å². The van der Waals surface area contributed by atoms with E-state index in [1.165, 1.54) is 0 Å². The van der Waals surface area contributed by atoms with E-state index in [1.807, 2.05) is 6.07 Å². The van der Waals surface area contributed by atoms with Crippen LogP contribution >= 0.6 is 0 Å². The first-order chi connectivity index (χ1) is 7.71. The molecule has 0 aliphatic rings. The van der Waals surface area contributed by atoms with Crippen LogP contribution in [0.25, 0.3) is 0 Å². The number of rotatable bonds is 4. The van der Waals surface area contributed by atoms with Crippen molar-refractivity contribution in [1.82, 2.24) is 5.32 Å². The third-order valence-corrected chi connectivity index (χ3v) is 2.12. The minimum atomic E-state index is -0.174. The topological polar surface area (TPSA) is 53.2 Å². The largest absolute Gasteiger partial charge is 0.388 e. The van der Waals surface area contributed by atoms with E-state index in [-0.39, 0.29) is 12.5 Å². The SMILES string of the molecule is C#CCNC(=O)c1cc(NC)cc(NC)c1. The van der Waals surface area contributed by atoms with Gasteiger partial charge in [0, 0.05) is 31.0 Å². The molecule has 0 radical (unpaired) electrons. The van der Waals surface area contributed by atoms with Crippen molar-refractivity contribution in [2.24, 2.45) is 0 Å². The number of carbonyl (C=O) groups excluding carboxylic acids is 1. The molecule has 1 rings (SSSR count). The molecule has 0 saturated heterocycles. The average Bonchev–Trinajstić information content (AvgIpc) is 2.35. The summed E-state index contributed by atoms with van der Waals surface area (Å²) in [6, 6.07) is 5.46. The summed E-state index contributed by atoms with van der Waals surface area (Å²) in [5.74, 6) is 2.19. The highest BCUT2D eigenvalue weighted by atomic mass is 16.1. The van der Waals surface area contributed by atoms with Gasteiger partial charge in [-0.2, -0.15) is 0 Å². The zero-order valence-electron chi connectivity index (χ0n) is 9.42. The Morgan fingerprint density at radius 2 is 1.81 bits per heavy atom. The van der Waals surface area contributed by atoms with Gasteiger partial charge in [0.05, 0.1) is 6.54 Å². The van der Waals surface area contributed by atoms with Crippen molar-refractivity contribution >= 4 is 17.3 Å². The normalized spacial score (nSPS) is 9.06. The Labute approximate surface area is 95.4 Å². The molecule has 0 atom stereocenters. The molecule has 4 heteroatoms. The van der Waals surface area contributed by atoms with Crippen molar-refractivity contribution in [3.63, 3.8) is 0 Å². The predicted octanol–water partition coefficient (Wildman–Crippen LogP) is 1.13. The highest BCUT2D eigenvalue weighted by Gasteiger charge is 2.06. The maximum absolute atomic E-state index is 11.7. The maximum atomic E-state index is 11.7. The predicted molar refractivity (Wildman–Crippen MR) is 66.7 cm³/mol. The van der Waals surface area contributed by atoms with Gasteiger partial charge in [-0.05, 0) is 18.2 Å². The minimum absolute atomic E-state index is 0.174. The van der Waals surface area contributed by atoms with Crippen molar-refractivity contribution in [2.75, 3.05) is 31.3 Å². The van der Waals surface area contributed by atoms with Crippen LogP contribution in [0, 0.1) is 12.3 Å². The molecule has 0 unspecified atom stereocenters. The number of anilines is 2. The van der Waals surface area contributed by atoms with E-state index in [1.54, 1.807) is 26.2 Å². The van der Waals surface area contributed by atoms with Gasteiger partial charge in [-0.15, -0.1) is 6.42 Å². The van der Waals surface area contributed by atoms with Crippen LogP contribution in [0.3, 0.4) is 0 Å². The number of terminal acetylenes is 1. The van der Waals surface area contributed by atoms with Crippen LogP contribution in [0.15, 0.2) is 18.2 Å². The summed E-state index contributed by atoms with van der Waals surface area (Å²) >= 11 is 0. The molecular formula is C12H15N3O. The number of amides is 1. The number of carbonyl (C=O) groups is 1. The Balaban J connectivity index is 2.94. The fourth-order valence-corrected chi connectivity index (χ4v) is 1.28. The lowest BCUT2D eigenvalue weighted by Crippen LogP contribution is -2.23. The lowest BCUT2D eigenvalue weighted by molar-refractivity contribution is 0.0959. The molecule has 0 bridgehead atoms. The average molecular weight is 217 g/mol. The summed E-state index contributed by atoms with van der Waals surface area (Å²) in [6.07, 6.45) is 5.08. The number of hydrogen-bond acceptors (Lipinski definition) is 3. The van der Waals surface area contributed by atoms with Crippen LogP contribution in [-0.4, -0.2) is 26.5 Å². The molecule has 3 N–H and O–H groups in total. The molecule has 0 aromatic heterocycles. The molecule has 1 aromatic rings. The van der Waals surface area contributed by atoms with Crippen molar-refractivity contribution in [3.8, 4) is 12.3 Å². The van der Waals surface area contributed by atoms with Gasteiger partial charge in [0.15, 0.2) is 0 Å². The van der Waals surface area contributed by atoms with E-state index in [0.717, 1.165) is 11.4 Å². The van der Waals surface area contributed by atoms with E-state index in [2.05, 4.69) is 21.9 Å². The standard InChI is InChI=1S/C12H15N3O/c1-4-5-15-12(16)9-6-10(13-2)8-11(7-9)14-3/h1,6-8,13-14H,5H2,2-3H3,(H,15,16). The van der Waals surface area contributed by atoms with Crippen molar-refractivity contribution < 1.29 is 4.79 Å². The monoisotopic (exact) mass is 217 g/mol. The van der Waals surface area contributed by atoms with Crippen LogP contribution in [0.4, 0.5) is 11.4 Å². The smallest absolute Gasteiger partial charge is 0.252 e. The second kappa shape index (κ2) is 5.66. The molecule has 16 heavy (non-hydrogen) atoms. The van der Waals surface area contributed by atoms with E-state index < -0.39 is 0 Å². The molecule has 0 aliphatic heterocycles. The van der Waals surface area contributed by atoms with Crippen LogP contribution in [0.5, 0.6) is 0 Å². The fourth-order valence-electron chi connectivity index (χ4n) is 1.28. The molecule has 1 amide bonds. The first-order valence-corrected chi connectivity index (χ1v) is 4.93. The van der Waals surface area contributed by atoms with Gasteiger partial charge in [0.2, 0.25) is 0 Å². The van der Waals surface area contributed by atoms with Crippen LogP contribution in [0.1, 0.15) is 10.4 Å². The van der Waals surface area contributed by atoms with Crippen LogP contribution in [-0.2, 0) is 0 Å². The van der Waals surface area contributed by atoms with Crippen molar-refractivity contribution in [1.29, 1.82) is 0 Å².